The van der Waals surface area contributed by atoms with Crippen molar-refractivity contribution in [2.24, 2.45) is 0 Å². The van der Waals surface area contributed by atoms with Crippen molar-refractivity contribution < 1.29 is 4.74 Å². The third kappa shape index (κ3) is 2.65. The Labute approximate surface area is 90.1 Å². The van der Waals surface area contributed by atoms with Crippen LogP contribution < -0.4 is 5.32 Å². The lowest BCUT2D eigenvalue weighted by molar-refractivity contribution is 0.0606. The fourth-order valence-electron chi connectivity index (χ4n) is 2.13. The Morgan fingerprint density at radius 1 is 1.27 bits per heavy atom. The summed E-state index contributed by atoms with van der Waals surface area (Å²) in [5, 5.41) is 3.43. The van der Waals surface area contributed by atoms with E-state index in [1.807, 2.05) is 0 Å². The maximum atomic E-state index is 5.47. The van der Waals surface area contributed by atoms with Crippen molar-refractivity contribution in [1.82, 2.24) is 9.97 Å². The Bertz CT molecular complexity index is 291. The van der Waals surface area contributed by atoms with Crippen LogP contribution in [0.15, 0.2) is 18.7 Å². The van der Waals surface area contributed by atoms with Gasteiger partial charge in [-0.3, -0.25) is 0 Å². The normalized spacial score (nSPS) is 26.2. The Hall–Kier alpha value is -1.16. The first-order valence-electron chi connectivity index (χ1n) is 5.44. The zero-order valence-electron chi connectivity index (χ0n) is 9.02. The number of aromatic nitrogens is 2. The SMILES string of the molecule is COC1CCCCC1Nc1cncnc1. The monoisotopic (exact) mass is 207 g/mol. The highest BCUT2D eigenvalue weighted by molar-refractivity contribution is 5.38. The lowest BCUT2D eigenvalue weighted by Gasteiger charge is -2.31. The van der Waals surface area contributed by atoms with Gasteiger partial charge in [0.25, 0.3) is 0 Å². The van der Waals surface area contributed by atoms with E-state index < -0.39 is 0 Å². The predicted molar refractivity (Wildman–Crippen MR) is 58.7 cm³/mol. The van der Waals surface area contributed by atoms with Crippen LogP contribution in [-0.4, -0.2) is 29.2 Å². The van der Waals surface area contributed by atoms with Gasteiger partial charge in [-0.05, 0) is 12.8 Å². The molecule has 0 amide bonds. The Morgan fingerprint density at radius 3 is 2.73 bits per heavy atom. The van der Waals surface area contributed by atoms with Gasteiger partial charge in [-0.25, -0.2) is 9.97 Å². The standard InChI is InChI=1S/C11H17N3O/c1-15-11-5-3-2-4-10(11)14-9-6-12-8-13-7-9/h6-8,10-11,14H,2-5H2,1H3. The number of hydrogen-bond acceptors (Lipinski definition) is 4. The summed E-state index contributed by atoms with van der Waals surface area (Å²) in [5.41, 5.74) is 0.978. The summed E-state index contributed by atoms with van der Waals surface area (Å²) in [4.78, 5) is 7.97. The zero-order valence-corrected chi connectivity index (χ0v) is 9.02. The van der Waals surface area contributed by atoms with E-state index >= 15 is 0 Å². The van der Waals surface area contributed by atoms with E-state index in [1.165, 1.54) is 12.8 Å². The molecule has 1 heterocycles. The molecule has 82 valence electrons. The first-order valence-corrected chi connectivity index (χ1v) is 5.44. The second-order valence-electron chi connectivity index (χ2n) is 3.94. The molecule has 15 heavy (non-hydrogen) atoms. The van der Waals surface area contributed by atoms with Crippen LogP contribution in [0.3, 0.4) is 0 Å². The third-order valence-electron chi connectivity index (χ3n) is 2.92. The fourth-order valence-corrected chi connectivity index (χ4v) is 2.13. The summed E-state index contributed by atoms with van der Waals surface area (Å²) in [6.45, 7) is 0. The van der Waals surface area contributed by atoms with Gasteiger partial charge < -0.3 is 10.1 Å². The fraction of sp³-hybridized carbons (Fsp3) is 0.636. The van der Waals surface area contributed by atoms with Crippen molar-refractivity contribution in [2.75, 3.05) is 12.4 Å². The maximum absolute atomic E-state index is 5.47. The van der Waals surface area contributed by atoms with Gasteiger partial charge in [-0.15, -0.1) is 0 Å². The van der Waals surface area contributed by atoms with Gasteiger partial charge in [-0.2, -0.15) is 0 Å². The summed E-state index contributed by atoms with van der Waals surface area (Å²) in [6, 6.07) is 0.398. The quantitative estimate of drug-likeness (QED) is 0.821. The zero-order chi connectivity index (χ0) is 10.5. The summed E-state index contributed by atoms with van der Waals surface area (Å²) in [5.74, 6) is 0. The minimum absolute atomic E-state index is 0.318. The smallest absolute Gasteiger partial charge is 0.115 e. The second kappa shape index (κ2) is 5.07. The molecule has 2 atom stereocenters. The van der Waals surface area contributed by atoms with Crippen molar-refractivity contribution >= 4 is 5.69 Å². The van der Waals surface area contributed by atoms with Crippen LogP contribution >= 0.6 is 0 Å². The molecule has 0 aliphatic heterocycles. The summed E-state index contributed by atoms with van der Waals surface area (Å²) >= 11 is 0. The van der Waals surface area contributed by atoms with Crippen molar-refractivity contribution in [1.29, 1.82) is 0 Å². The predicted octanol–water partition coefficient (Wildman–Crippen LogP) is 1.85. The number of nitrogens with one attached hydrogen (secondary N) is 1. The molecule has 1 aliphatic rings. The van der Waals surface area contributed by atoms with E-state index in [9.17, 15) is 0 Å². The average molecular weight is 207 g/mol. The molecule has 2 unspecified atom stereocenters. The molecule has 4 nitrogen and oxygen atoms in total. The molecule has 1 aromatic rings. The van der Waals surface area contributed by atoms with Crippen molar-refractivity contribution in [3.63, 3.8) is 0 Å². The van der Waals surface area contributed by atoms with Crippen LogP contribution in [-0.2, 0) is 4.74 Å². The molecule has 1 aliphatic carbocycles. The summed E-state index contributed by atoms with van der Waals surface area (Å²) in [7, 11) is 1.78. The lowest BCUT2D eigenvalue weighted by atomic mass is 9.92. The first kappa shape index (κ1) is 10.4. The van der Waals surface area contributed by atoms with E-state index in [-0.39, 0.29) is 0 Å². The van der Waals surface area contributed by atoms with Gasteiger partial charge in [0, 0.05) is 7.11 Å². The number of hydrogen-bond donors (Lipinski definition) is 1. The molecule has 0 spiro atoms. The van der Waals surface area contributed by atoms with Gasteiger partial charge >= 0.3 is 0 Å². The van der Waals surface area contributed by atoms with Crippen LogP contribution in [0.4, 0.5) is 5.69 Å². The molecule has 1 aromatic heterocycles. The van der Waals surface area contributed by atoms with Gasteiger partial charge in [0.15, 0.2) is 0 Å². The van der Waals surface area contributed by atoms with E-state index in [0.717, 1.165) is 18.5 Å². The number of methoxy groups -OCH3 is 1. The van der Waals surface area contributed by atoms with Gasteiger partial charge in [0.05, 0.1) is 30.2 Å². The van der Waals surface area contributed by atoms with E-state index in [2.05, 4.69) is 15.3 Å². The van der Waals surface area contributed by atoms with E-state index in [0.29, 0.717) is 12.1 Å². The highest BCUT2D eigenvalue weighted by atomic mass is 16.5. The molecule has 0 radical (unpaired) electrons. The minimum Gasteiger partial charge on any atom is -0.379 e. The molecule has 2 rings (SSSR count). The molecule has 0 saturated heterocycles. The van der Waals surface area contributed by atoms with Crippen molar-refractivity contribution in [3.05, 3.63) is 18.7 Å². The number of rotatable bonds is 3. The Morgan fingerprint density at radius 2 is 2.00 bits per heavy atom. The number of nitrogens with zero attached hydrogens (tertiary/aromatic N) is 2. The molecule has 4 heteroatoms. The number of anilines is 1. The molecular formula is C11H17N3O. The Kier molecular flexibility index (Phi) is 3.50. The third-order valence-corrected chi connectivity index (χ3v) is 2.92. The van der Waals surface area contributed by atoms with Gasteiger partial charge in [0.2, 0.25) is 0 Å². The highest BCUT2D eigenvalue weighted by Crippen LogP contribution is 2.23. The largest absolute Gasteiger partial charge is 0.379 e. The topological polar surface area (TPSA) is 47.0 Å². The second-order valence-corrected chi connectivity index (χ2v) is 3.94. The average Bonchev–Trinajstić information content (AvgIpc) is 2.31. The summed E-state index contributed by atoms with van der Waals surface area (Å²) < 4.78 is 5.47. The molecule has 0 aromatic carbocycles. The van der Waals surface area contributed by atoms with E-state index in [1.54, 1.807) is 25.8 Å². The van der Waals surface area contributed by atoms with Gasteiger partial charge in [-0.1, -0.05) is 12.8 Å². The highest BCUT2D eigenvalue weighted by Gasteiger charge is 2.24. The summed E-state index contributed by atoms with van der Waals surface area (Å²) in [6.07, 6.45) is 10.3. The molecule has 1 saturated carbocycles. The molecule has 1 fully saturated rings. The maximum Gasteiger partial charge on any atom is 0.115 e. The molecule has 0 bridgehead atoms. The van der Waals surface area contributed by atoms with E-state index in [4.69, 9.17) is 4.74 Å². The lowest BCUT2D eigenvalue weighted by Crippen LogP contribution is -2.37. The Balaban J connectivity index is 1.97. The van der Waals surface area contributed by atoms with Crippen LogP contribution in [0.5, 0.6) is 0 Å². The van der Waals surface area contributed by atoms with Crippen LogP contribution in [0.2, 0.25) is 0 Å². The van der Waals surface area contributed by atoms with Gasteiger partial charge in [0.1, 0.15) is 6.33 Å². The number of ether oxygens (including phenoxy) is 1. The van der Waals surface area contributed by atoms with Crippen LogP contribution in [0, 0.1) is 0 Å². The molecular weight excluding hydrogens is 190 g/mol. The van der Waals surface area contributed by atoms with Crippen LogP contribution in [0.25, 0.3) is 0 Å². The van der Waals surface area contributed by atoms with Crippen molar-refractivity contribution in [2.45, 2.75) is 37.8 Å². The minimum atomic E-state index is 0.318. The van der Waals surface area contributed by atoms with Crippen molar-refractivity contribution in [3.8, 4) is 0 Å². The first-order chi connectivity index (χ1) is 7.40. The van der Waals surface area contributed by atoms with Crippen LogP contribution in [0.1, 0.15) is 25.7 Å². The molecule has 1 N–H and O–H groups in total.